The second kappa shape index (κ2) is 3.86. The molecular formula is C5H6BF3N3S-. The van der Waals surface area contributed by atoms with Crippen LogP contribution in [0.5, 0.6) is 0 Å². The van der Waals surface area contributed by atoms with E-state index >= 15 is 0 Å². The summed E-state index contributed by atoms with van der Waals surface area (Å²) in [6.07, 6.45) is 2.64. The minimum absolute atomic E-state index is 0.0348. The Balaban J connectivity index is 2.60. The Labute approximate surface area is 77.0 Å². The lowest BCUT2D eigenvalue weighted by Gasteiger charge is -2.12. The standard InChI is InChI=1S/C5H6BF3N3S/c7-6(8,9)3-13-5-4(10)11-1-2-12-5/h1-2H,3H2,(H2,10,11)/q-1. The minimum atomic E-state index is -4.80. The van der Waals surface area contributed by atoms with Gasteiger partial charge in [-0.1, -0.05) is 0 Å². The summed E-state index contributed by atoms with van der Waals surface area (Å²) < 4.78 is 35.5. The van der Waals surface area contributed by atoms with Crippen molar-refractivity contribution in [3.05, 3.63) is 12.4 Å². The van der Waals surface area contributed by atoms with Crippen molar-refractivity contribution in [2.45, 2.75) is 5.03 Å². The quantitative estimate of drug-likeness (QED) is 0.604. The molecule has 72 valence electrons. The lowest BCUT2D eigenvalue weighted by atomic mass is 9.98. The van der Waals surface area contributed by atoms with Gasteiger partial charge in [0.15, 0.2) is 5.82 Å². The number of nitrogen functional groups attached to an aromatic ring is 1. The topological polar surface area (TPSA) is 51.8 Å². The van der Waals surface area contributed by atoms with Gasteiger partial charge in [0.05, 0.1) is 0 Å². The van der Waals surface area contributed by atoms with Crippen LogP contribution in [0.1, 0.15) is 0 Å². The van der Waals surface area contributed by atoms with Crippen molar-refractivity contribution in [2.24, 2.45) is 0 Å². The smallest absolute Gasteiger partial charge is 0.448 e. The van der Waals surface area contributed by atoms with E-state index in [1.165, 1.54) is 12.4 Å². The van der Waals surface area contributed by atoms with Crippen LogP contribution in [-0.4, -0.2) is 22.6 Å². The number of thioether (sulfide) groups is 1. The van der Waals surface area contributed by atoms with Crippen LogP contribution >= 0.6 is 11.8 Å². The predicted octanol–water partition coefficient (Wildman–Crippen LogP) is 1.54. The van der Waals surface area contributed by atoms with Gasteiger partial charge in [0.2, 0.25) is 0 Å². The fourth-order valence-electron chi connectivity index (χ4n) is 0.621. The van der Waals surface area contributed by atoms with Gasteiger partial charge in [-0.05, 0) is 5.65 Å². The Morgan fingerprint density at radius 3 is 2.46 bits per heavy atom. The summed E-state index contributed by atoms with van der Waals surface area (Å²) >= 11 is 0.558. The van der Waals surface area contributed by atoms with Crippen molar-refractivity contribution in [1.82, 2.24) is 9.97 Å². The van der Waals surface area contributed by atoms with Crippen molar-refractivity contribution in [3.63, 3.8) is 0 Å². The molecule has 0 saturated heterocycles. The fourth-order valence-corrected chi connectivity index (χ4v) is 1.30. The molecule has 1 aromatic heterocycles. The van der Waals surface area contributed by atoms with Crippen LogP contribution in [0.15, 0.2) is 17.4 Å². The van der Waals surface area contributed by atoms with Crippen LogP contribution < -0.4 is 5.73 Å². The van der Waals surface area contributed by atoms with Crippen molar-refractivity contribution in [2.75, 3.05) is 11.4 Å². The molecule has 3 nitrogen and oxygen atoms in total. The van der Waals surface area contributed by atoms with Gasteiger partial charge in [-0.2, -0.15) is 0 Å². The zero-order chi connectivity index (χ0) is 9.90. The number of rotatable bonds is 3. The minimum Gasteiger partial charge on any atom is -0.448 e. The highest BCUT2D eigenvalue weighted by Crippen LogP contribution is 2.24. The van der Waals surface area contributed by atoms with E-state index < -0.39 is 12.6 Å². The lowest BCUT2D eigenvalue weighted by molar-refractivity contribution is 0.485. The summed E-state index contributed by atoms with van der Waals surface area (Å²) in [5, 5.41) is 0.127. The molecule has 0 aliphatic carbocycles. The van der Waals surface area contributed by atoms with Crippen molar-refractivity contribution in [1.29, 1.82) is 0 Å². The number of halogens is 3. The van der Waals surface area contributed by atoms with Gasteiger partial charge < -0.3 is 18.7 Å². The first-order valence-corrected chi connectivity index (χ1v) is 4.38. The summed E-state index contributed by atoms with van der Waals surface area (Å²) in [6, 6.07) is 0. The summed E-state index contributed by atoms with van der Waals surface area (Å²) in [4.78, 5) is 7.28. The van der Waals surface area contributed by atoms with Gasteiger partial charge in [-0.25, -0.2) is 9.97 Å². The van der Waals surface area contributed by atoms with E-state index in [9.17, 15) is 12.9 Å². The van der Waals surface area contributed by atoms with Crippen LogP contribution in [0.2, 0.25) is 0 Å². The van der Waals surface area contributed by atoms with E-state index in [-0.39, 0.29) is 10.8 Å². The Hall–Kier alpha value is -0.915. The summed E-state index contributed by atoms with van der Waals surface area (Å²) in [6.45, 7) is -4.80. The molecule has 0 unspecified atom stereocenters. The molecular weight excluding hydrogens is 202 g/mol. The second-order valence-electron chi connectivity index (χ2n) is 2.27. The molecule has 0 spiro atoms. The van der Waals surface area contributed by atoms with Crippen molar-refractivity contribution in [3.8, 4) is 0 Å². The SMILES string of the molecule is Nc1nccnc1SC[B-](F)(F)F. The highest BCUT2D eigenvalue weighted by Gasteiger charge is 2.23. The van der Waals surface area contributed by atoms with Crippen LogP contribution in [0.3, 0.4) is 0 Å². The Bertz CT molecular complexity index is 293. The molecule has 0 atom stereocenters. The normalized spacial score (nSPS) is 11.6. The maximum atomic E-state index is 11.8. The van der Waals surface area contributed by atoms with Crippen LogP contribution in [0, 0.1) is 0 Å². The average Bonchev–Trinajstić information content (AvgIpc) is 2.01. The van der Waals surface area contributed by atoms with Gasteiger partial charge in [-0.3, -0.25) is 0 Å². The van der Waals surface area contributed by atoms with Gasteiger partial charge in [0.25, 0.3) is 0 Å². The fraction of sp³-hybridized carbons (Fsp3) is 0.200. The van der Waals surface area contributed by atoms with E-state index in [1.807, 2.05) is 0 Å². The molecule has 0 saturated carbocycles. The largest absolute Gasteiger partial charge is 0.488 e. The number of aromatic nitrogens is 2. The molecule has 13 heavy (non-hydrogen) atoms. The van der Waals surface area contributed by atoms with E-state index in [2.05, 4.69) is 9.97 Å². The number of hydrogen-bond acceptors (Lipinski definition) is 4. The molecule has 2 N–H and O–H groups in total. The predicted molar refractivity (Wildman–Crippen MR) is 46.2 cm³/mol. The van der Waals surface area contributed by atoms with Crippen LogP contribution in [-0.2, 0) is 0 Å². The summed E-state index contributed by atoms with van der Waals surface area (Å²) in [5.41, 5.74) is 4.35. The molecule has 0 aliphatic rings. The second-order valence-corrected chi connectivity index (χ2v) is 3.28. The van der Waals surface area contributed by atoms with E-state index in [0.29, 0.717) is 11.8 Å². The molecule has 1 aromatic rings. The van der Waals surface area contributed by atoms with Crippen LogP contribution in [0.25, 0.3) is 0 Å². The van der Waals surface area contributed by atoms with E-state index in [0.717, 1.165) is 0 Å². The Kier molecular flexibility index (Phi) is 3.02. The Morgan fingerprint density at radius 1 is 1.31 bits per heavy atom. The highest BCUT2D eigenvalue weighted by atomic mass is 32.2. The maximum Gasteiger partial charge on any atom is 0.488 e. The number of anilines is 1. The van der Waals surface area contributed by atoms with Crippen LogP contribution in [0.4, 0.5) is 18.8 Å². The van der Waals surface area contributed by atoms with E-state index in [4.69, 9.17) is 5.73 Å². The van der Waals surface area contributed by atoms with E-state index in [1.54, 1.807) is 0 Å². The third-order valence-corrected chi connectivity index (χ3v) is 2.23. The van der Waals surface area contributed by atoms with Gasteiger partial charge in [0, 0.05) is 12.4 Å². The third-order valence-electron chi connectivity index (χ3n) is 1.10. The average molecular weight is 208 g/mol. The zero-order valence-electron chi connectivity index (χ0n) is 6.45. The third kappa shape index (κ3) is 3.54. The molecule has 1 rings (SSSR count). The zero-order valence-corrected chi connectivity index (χ0v) is 7.27. The first-order chi connectivity index (χ1) is 5.99. The monoisotopic (exact) mass is 208 g/mol. The molecule has 8 heteroatoms. The van der Waals surface area contributed by atoms with Gasteiger partial charge in [-0.15, -0.1) is 11.8 Å². The van der Waals surface area contributed by atoms with Gasteiger partial charge in [0.1, 0.15) is 5.03 Å². The molecule has 0 bridgehead atoms. The summed E-state index contributed by atoms with van der Waals surface area (Å²) in [5.74, 6) is 0.0348. The highest BCUT2D eigenvalue weighted by molar-refractivity contribution is 8.00. The lowest BCUT2D eigenvalue weighted by Crippen LogP contribution is -2.19. The number of nitrogens with two attached hydrogens (primary N) is 1. The molecule has 0 aliphatic heterocycles. The maximum absolute atomic E-state index is 11.8. The Morgan fingerprint density at radius 2 is 1.92 bits per heavy atom. The van der Waals surface area contributed by atoms with Crippen molar-refractivity contribution < 1.29 is 12.9 Å². The first-order valence-electron chi connectivity index (χ1n) is 3.39. The number of hydrogen-bond donors (Lipinski definition) is 1. The molecule has 0 amide bonds. The number of nitrogens with zero attached hydrogens (tertiary/aromatic N) is 2. The summed E-state index contributed by atoms with van der Waals surface area (Å²) in [7, 11) is 0. The molecule has 0 fully saturated rings. The van der Waals surface area contributed by atoms with Crippen molar-refractivity contribution >= 4 is 24.6 Å². The van der Waals surface area contributed by atoms with Gasteiger partial charge >= 0.3 is 6.98 Å². The molecule has 1 heterocycles. The first kappa shape index (κ1) is 10.2. The molecule has 0 aromatic carbocycles. The molecule has 0 radical (unpaired) electrons.